The van der Waals surface area contributed by atoms with Crippen LogP contribution in [0.25, 0.3) is 0 Å². The van der Waals surface area contributed by atoms with Crippen LogP contribution in [-0.4, -0.2) is 29.2 Å². The van der Waals surface area contributed by atoms with Gasteiger partial charge in [-0.3, -0.25) is 25.2 Å². The lowest BCUT2D eigenvalue weighted by Crippen LogP contribution is -2.44. The van der Waals surface area contributed by atoms with Gasteiger partial charge in [0.05, 0.1) is 0 Å². The number of aromatic amines is 1. The maximum absolute atomic E-state index is 12.2. The highest BCUT2D eigenvalue weighted by Gasteiger charge is 2.20. The fourth-order valence-corrected chi connectivity index (χ4v) is 2.67. The van der Waals surface area contributed by atoms with E-state index in [0.717, 1.165) is 4.47 Å². The number of hydrazine groups is 1. The highest BCUT2D eigenvalue weighted by molar-refractivity contribution is 9.10. The number of benzene rings is 1. The van der Waals surface area contributed by atoms with Gasteiger partial charge in [0.1, 0.15) is 11.4 Å². The van der Waals surface area contributed by atoms with Crippen LogP contribution >= 0.6 is 15.9 Å². The Bertz CT molecular complexity index is 812. The molecule has 0 aliphatic heterocycles. The van der Waals surface area contributed by atoms with Gasteiger partial charge in [-0.2, -0.15) is 0 Å². The number of rotatable bonds is 5. The number of nitrogens with one attached hydrogen (secondary N) is 3. The van der Waals surface area contributed by atoms with Gasteiger partial charge in [-0.1, -0.05) is 15.9 Å². The molecule has 2 aromatic rings. The lowest BCUT2D eigenvalue weighted by atomic mass is 10.1. The number of ketones is 1. The van der Waals surface area contributed by atoms with E-state index in [9.17, 15) is 14.4 Å². The summed E-state index contributed by atoms with van der Waals surface area (Å²) >= 11 is 3.30. The number of hydrogen-bond donors (Lipinski definition) is 3. The summed E-state index contributed by atoms with van der Waals surface area (Å²) in [6, 6.07) is 7.00. The Morgan fingerprint density at radius 3 is 2.32 bits per heavy atom. The second-order valence-electron chi connectivity index (χ2n) is 5.43. The smallest absolute Gasteiger partial charge is 0.286 e. The quantitative estimate of drug-likeness (QED) is 0.523. The van der Waals surface area contributed by atoms with Gasteiger partial charge in [0, 0.05) is 15.7 Å². The SMILES string of the molecule is CC(=O)c1c(C)[nH]c(C(=O)NNC(=O)COc2ccc(Br)cc2)c1C. The predicted molar refractivity (Wildman–Crippen MR) is 95.5 cm³/mol. The van der Waals surface area contributed by atoms with E-state index in [4.69, 9.17) is 4.74 Å². The maximum Gasteiger partial charge on any atom is 0.286 e. The summed E-state index contributed by atoms with van der Waals surface area (Å²) in [6.45, 7) is 4.58. The molecule has 0 radical (unpaired) electrons. The lowest BCUT2D eigenvalue weighted by Gasteiger charge is -2.09. The van der Waals surface area contributed by atoms with E-state index in [1.165, 1.54) is 6.92 Å². The molecule has 2 amide bonds. The molecule has 2 rings (SSSR count). The van der Waals surface area contributed by atoms with Crippen molar-refractivity contribution in [1.29, 1.82) is 0 Å². The van der Waals surface area contributed by atoms with Gasteiger partial charge in [0.2, 0.25) is 0 Å². The Balaban J connectivity index is 1.89. The van der Waals surface area contributed by atoms with Crippen LogP contribution in [-0.2, 0) is 4.79 Å². The molecule has 0 aliphatic rings. The van der Waals surface area contributed by atoms with E-state index in [2.05, 4.69) is 31.8 Å². The second kappa shape index (κ2) is 7.98. The molecule has 132 valence electrons. The van der Waals surface area contributed by atoms with E-state index >= 15 is 0 Å². The molecule has 1 aromatic heterocycles. The summed E-state index contributed by atoms with van der Waals surface area (Å²) in [5.41, 5.74) is 6.44. The first-order valence-corrected chi connectivity index (χ1v) is 8.26. The van der Waals surface area contributed by atoms with Crippen molar-refractivity contribution in [1.82, 2.24) is 15.8 Å². The first kappa shape index (κ1) is 18.7. The van der Waals surface area contributed by atoms with Crippen molar-refractivity contribution < 1.29 is 19.1 Å². The number of amides is 2. The zero-order valence-electron chi connectivity index (χ0n) is 14.0. The van der Waals surface area contributed by atoms with Crippen LogP contribution in [0.2, 0.25) is 0 Å². The van der Waals surface area contributed by atoms with Gasteiger partial charge < -0.3 is 9.72 Å². The number of halogens is 1. The minimum absolute atomic E-state index is 0.128. The Labute approximate surface area is 153 Å². The number of carbonyl (C=O) groups excluding carboxylic acids is 3. The number of ether oxygens (including phenoxy) is 1. The molecule has 0 aliphatic carbocycles. The normalized spacial score (nSPS) is 10.2. The van der Waals surface area contributed by atoms with Gasteiger partial charge >= 0.3 is 0 Å². The number of aromatic nitrogens is 1. The standard InChI is InChI=1S/C17H18BrN3O4/c1-9-15(11(3)22)10(2)19-16(9)17(24)21-20-14(23)8-25-13-6-4-12(18)5-7-13/h4-7,19H,8H2,1-3H3,(H,20,23)(H,21,24). The highest BCUT2D eigenvalue weighted by Crippen LogP contribution is 2.18. The van der Waals surface area contributed by atoms with Crippen LogP contribution in [0.3, 0.4) is 0 Å². The van der Waals surface area contributed by atoms with E-state index in [1.54, 1.807) is 38.1 Å². The van der Waals surface area contributed by atoms with E-state index in [1.807, 2.05) is 0 Å². The third-order valence-corrected chi connectivity index (χ3v) is 4.04. The predicted octanol–water partition coefficient (Wildman–Crippen LogP) is 2.44. The van der Waals surface area contributed by atoms with Crippen LogP contribution in [0.5, 0.6) is 5.75 Å². The van der Waals surface area contributed by atoms with Gasteiger partial charge in [0.25, 0.3) is 11.8 Å². The highest BCUT2D eigenvalue weighted by atomic mass is 79.9. The van der Waals surface area contributed by atoms with Crippen LogP contribution < -0.4 is 15.6 Å². The second-order valence-corrected chi connectivity index (χ2v) is 6.34. The van der Waals surface area contributed by atoms with Crippen LogP contribution in [0.4, 0.5) is 0 Å². The molecular weight excluding hydrogens is 390 g/mol. The van der Waals surface area contributed by atoms with Gasteiger partial charge in [-0.25, -0.2) is 0 Å². The van der Waals surface area contributed by atoms with Crippen LogP contribution in [0, 0.1) is 13.8 Å². The molecule has 0 unspecified atom stereocenters. The molecule has 25 heavy (non-hydrogen) atoms. The Kier molecular flexibility index (Phi) is 5.97. The van der Waals surface area contributed by atoms with Crippen molar-refractivity contribution in [3.63, 3.8) is 0 Å². The summed E-state index contributed by atoms with van der Waals surface area (Å²) in [7, 11) is 0. The number of aryl methyl sites for hydroxylation is 1. The zero-order valence-corrected chi connectivity index (χ0v) is 15.6. The van der Waals surface area contributed by atoms with Gasteiger partial charge in [-0.15, -0.1) is 0 Å². The minimum atomic E-state index is -0.537. The number of H-pyrrole nitrogens is 1. The van der Waals surface area contributed by atoms with Crippen molar-refractivity contribution in [2.24, 2.45) is 0 Å². The number of Topliss-reactive ketones (excluding diaryl/α,β-unsaturated/α-hetero) is 1. The Morgan fingerprint density at radius 1 is 1.12 bits per heavy atom. The number of hydrogen-bond acceptors (Lipinski definition) is 4. The average Bonchev–Trinajstić information content (AvgIpc) is 2.86. The van der Waals surface area contributed by atoms with Crippen LogP contribution in [0.15, 0.2) is 28.7 Å². The first-order chi connectivity index (χ1) is 11.8. The van der Waals surface area contributed by atoms with Crippen molar-refractivity contribution in [2.75, 3.05) is 6.61 Å². The monoisotopic (exact) mass is 407 g/mol. The summed E-state index contributed by atoms with van der Waals surface area (Å²) < 4.78 is 6.20. The molecule has 0 saturated carbocycles. The summed E-state index contributed by atoms with van der Waals surface area (Å²) in [4.78, 5) is 38.4. The number of carbonyl (C=O) groups is 3. The Hall–Kier alpha value is -2.61. The average molecular weight is 408 g/mol. The van der Waals surface area contributed by atoms with Crippen molar-refractivity contribution in [3.05, 3.63) is 51.3 Å². The molecule has 0 saturated heterocycles. The van der Waals surface area contributed by atoms with Crippen molar-refractivity contribution in [2.45, 2.75) is 20.8 Å². The molecule has 1 heterocycles. The lowest BCUT2D eigenvalue weighted by molar-refractivity contribution is -0.123. The fraction of sp³-hybridized carbons (Fsp3) is 0.235. The van der Waals surface area contributed by atoms with E-state index in [-0.39, 0.29) is 18.1 Å². The minimum Gasteiger partial charge on any atom is -0.484 e. The third-order valence-electron chi connectivity index (χ3n) is 3.52. The molecule has 0 fully saturated rings. The van der Waals surface area contributed by atoms with Crippen molar-refractivity contribution in [3.8, 4) is 5.75 Å². The summed E-state index contributed by atoms with van der Waals surface area (Å²) in [5, 5.41) is 0. The molecule has 0 atom stereocenters. The molecule has 7 nitrogen and oxygen atoms in total. The third kappa shape index (κ3) is 4.69. The van der Waals surface area contributed by atoms with Crippen LogP contribution in [0.1, 0.15) is 39.0 Å². The summed E-state index contributed by atoms with van der Waals surface area (Å²) in [5.74, 6) is -0.641. The zero-order chi connectivity index (χ0) is 18.6. The first-order valence-electron chi connectivity index (χ1n) is 7.47. The topological polar surface area (TPSA) is 100 Å². The van der Waals surface area contributed by atoms with E-state index in [0.29, 0.717) is 22.6 Å². The molecule has 0 bridgehead atoms. The molecule has 0 spiro atoms. The molecule has 8 heteroatoms. The van der Waals surface area contributed by atoms with E-state index < -0.39 is 11.8 Å². The molecule has 3 N–H and O–H groups in total. The molecule has 1 aromatic carbocycles. The molecular formula is C17H18BrN3O4. The van der Waals surface area contributed by atoms with Gasteiger partial charge in [-0.05, 0) is 50.6 Å². The summed E-state index contributed by atoms with van der Waals surface area (Å²) in [6.07, 6.45) is 0. The maximum atomic E-state index is 12.2. The Morgan fingerprint density at radius 2 is 1.76 bits per heavy atom. The largest absolute Gasteiger partial charge is 0.484 e. The van der Waals surface area contributed by atoms with Crippen molar-refractivity contribution >= 4 is 33.5 Å². The fourth-order valence-electron chi connectivity index (χ4n) is 2.41. The van der Waals surface area contributed by atoms with Gasteiger partial charge in [0.15, 0.2) is 12.4 Å².